The van der Waals surface area contributed by atoms with E-state index in [1.807, 2.05) is 13.0 Å². The summed E-state index contributed by atoms with van der Waals surface area (Å²) in [5.74, 6) is 0. The summed E-state index contributed by atoms with van der Waals surface area (Å²) < 4.78 is 0. The van der Waals surface area contributed by atoms with E-state index >= 15 is 0 Å². The topological polar surface area (TPSA) is 46.0 Å². The third-order valence-electron chi connectivity index (χ3n) is 2.20. The first-order valence-electron chi connectivity index (χ1n) is 5.24. The van der Waals surface area contributed by atoms with Gasteiger partial charge in [-0.3, -0.25) is 0 Å². The van der Waals surface area contributed by atoms with Gasteiger partial charge in [0.2, 0.25) is 0 Å². The molecule has 78 valence electrons. The molecular weight excluding hydrogens is 176 g/mol. The van der Waals surface area contributed by atoms with Gasteiger partial charge in [-0.15, -0.1) is 0 Å². The van der Waals surface area contributed by atoms with E-state index in [1.165, 1.54) is 0 Å². The molecule has 0 spiro atoms. The van der Waals surface area contributed by atoms with Crippen molar-refractivity contribution in [3.63, 3.8) is 0 Å². The Bertz CT molecular complexity index is 276. The lowest BCUT2D eigenvalue weighted by Gasteiger charge is -2.07. The van der Waals surface area contributed by atoms with Crippen molar-refractivity contribution in [2.24, 2.45) is 0 Å². The van der Waals surface area contributed by atoms with Gasteiger partial charge in [0.15, 0.2) is 0 Å². The number of hydrogen-bond donors (Lipinski definition) is 1. The number of aliphatic hydroxyl groups excluding tert-OH is 1. The lowest BCUT2D eigenvalue weighted by atomic mass is 10.1. The smallest absolute Gasteiger partial charge is 0.115 e. The van der Waals surface area contributed by atoms with Gasteiger partial charge in [-0.25, -0.2) is 9.97 Å². The van der Waals surface area contributed by atoms with Gasteiger partial charge in [0.25, 0.3) is 0 Å². The van der Waals surface area contributed by atoms with Crippen LogP contribution in [0.25, 0.3) is 0 Å². The summed E-state index contributed by atoms with van der Waals surface area (Å²) in [5, 5.41) is 9.47. The molecular formula is C11H18N2O. The second-order valence-corrected chi connectivity index (χ2v) is 3.52. The molecule has 1 aromatic rings. The molecule has 3 nitrogen and oxygen atoms in total. The first-order valence-corrected chi connectivity index (χ1v) is 5.24. The van der Waals surface area contributed by atoms with Crippen molar-refractivity contribution in [2.45, 2.75) is 45.6 Å². The number of aliphatic hydroxyl groups is 1. The van der Waals surface area contributed by atoms with Crippen LogP contribution in [0, 0.1) is 0 Å². The Kier molecular flexibility index (Phi) is 4.53. The van der Waals surface area contributed by atoms with Crippen molar-refractivity contribution in [2.75, 3.05) is 0 Å². The van der Waals surface area contributed by atoms with Crippen LogP contribution in [-0.2, 0) is 12.8 Å². The zero-order chi connectivity index (χ0) is 10.4. The van der Waals surface area contributed by atoms with E-state index in [9.17, 15) is 5.11 Å². The molecule has 1 rings (SSSR count). The van der Waals surface area contributed by atoms with Crippen LogP contribution in [-0.4, -0.2) is 21.2 Å². The highest BCUT2D eigenvalue weighted by atomic mass is 16.3. The molecule has 1 unspecified atom stereocenters. The Morgan fingerprint density at radius 3 is 2.64 bits per heavy atom. The van der Waals surface area contributed by atoms with Gasteiger partial charge in [0.1, 0.15) is 6.33 Å². The molecule has 0 bridgehead atoms. The van der Waals surface area contributed by atoms with Crippen LogP contribution in [0.3, 0.4) is 0 Å². The van der Waals surface area contributed by atoms with Crippen LogP contribution >= 0.6 is 0 Å². The Labute approximate surface area is 85.2 Å². The second-order valence-electron chi connectivity index (χ2n) is 3.52. The van der Waals surface area contributed by atoms with Crippen LogP contribution in [0.2, 0.25) is 0 Å². The van der Waals surface area contributed by atoms with E-state index < -0.39 is 0 Å². The SMILES string of the molecule is CCCc1cc(CC(O)CC)ncn1. The van der Waals surface area contributed by atoms with Gasteiger partial charge >= 0.3 is 0 Å². The van der Waals surface area contributed by atoms with Gasteiger partial charge in [0.05, 0.1) is 6.10 Å². The highest BCUT2D eigenvalue weighted by Gasteiger charge is 2.04. The highest BCUT2D eigenvalue weighted by molar-refractivity contribution is 5.09. The molecule has 3 heteroatoms. The average molecular weight is 194 g/mol. The summed E-state index contributed by atoms with van der Waals surface area (Å²) in [4.78, 5) is 8.31. The van der Waals surface area contributed by atoms with Crippen LogP contribution < -0.4 is 0 Å². The van der Waals surface area contributed by atoms with E-state index in [0.29, 0.717) is 6.42 Å². The lowest BCUT2D eigenvalue weighted by molar-refractivity contribution is 0.169. The summed E-state index contributed by atoms with van der Waals surface area (Å²) >= 11 is 0. The molecule has 1 atom stereocenters. The van der Waals surface area contributed by atoms with E-state index in [2.05, 4.69) is 16.9 Å². The molecule has 0 saturated heterocycles. The van der Waals surface area contributed by atoms with Gasteiger partial charge in [-0.1, -0.05) is 20.3 Å². The predicted molar refractivity (Wildman–Crippen MR) is 56.0 cm³/mol. The number of nitrogens with zero attached hydrogens (tertiary/aromatic N) is 2. The maximum atomic E-state index is 9.47. The zero-order valence-electron chi connectivity index (χ0n) is 8.90. The zero-order valence-corrected chi connectivity index (χ0v) is 8.90. The number of rotatable bonds is 5. The summed E-state index contributed by atoms with van der Waals surface area (Å²) in [6.45, 7) is 4.10. The molecule has 1 heterocycles. The first-order chi connectivity index (χ1) is 6.76. The third kappa shape index (κ3) is 3.42. The summed E-state index contributed by atoms with van der Waals surface area (Å²) in [5.41, 5.74) is 2.01. The van der Waals surface area contributed by atoms with E-state index in [-0.39, 0.29) is 6.10 Å². The predicted octanol–water partition coefficient (Wildman–Crippen LogP) is 1.74. The molecule has 14 heavy (non-hydrogen) atoms. The van der Waals surface area contributed by atoms with Gasteiger partial charge in [0, 0.05) is 17.8 Å². The van der Waals surface area contributed by atoms with E-state index in [0.717, 1.165) is 30.7 Å². The van der Waals surface area contributed by atoms with Crippen molar-refractivity contribution in [3.8, 4) is 0 Å². The highest BCUT2D eigenvalue weighted by Crippen LogP contribution is 2.05. The van der Waals surface area contributed by atoms with Gasteiger partial charge in [-0.2, -0.15) is 0 Å². The molecule has 0 amide bonds. The maximum absolute atomic E-state index is 9.47. The molecule has 0 aliphatic carbocycles. The largest absolute Gasteiger partial charge is 0.393 e. The standard InChI is InChI=1S/C11H18N2O/c1-3-5-9-6-10(13-8-12-9)7-11(14)4-2/h6,8,11,14H,3-5,7H2,1-2H3. The minimum Gasteiger partial charge on any atom is -0.393 e. The molecule has 0 aromatic carbocycles. The van der Waals surface area contributed by atoms with Crippen LogP contribution in [0.15, 0.2) is 12.4 Å². The second kappa shape index (κ2) is 5.70. The Morgan fingerprint density at radius 2 is 2.00 bits per heavy atom. The summed E-state index contributed by atoms with van der Waals surface area (Å²) in [6.07, 6.45) is 4.79. The molecule has 0 aliphatic rings. The molecule has 0 fully saturated rings. The van der Waals surface area contributed by atoms with Crippen molar-refractivity contribution in [1.82, 2.24) is 9.97 Å². The summed E-state index contributed by atoms with van der Waals surface area (Å²) in [6, 6.07) is 1.99. The molecule has 0 aliphatic heterocycles. The normalized spacial score (nSPS) is 12.8. The quantitative estimate of drug-likeness (QED) is 0.776. The van der Waals surface area contributed by atoms with Crippen molar-refractivity contribution >= 4 is 0 Å². The molecule has 1 aromatic heterocycles. The van der Waals surface area contributed by atoms with Gasteiger partial charge < -0.3 is 5.11 Å². The molecule has 0 saturated carbocycles. The Balaban J connectivity index is 2.63. The monoisotopic (exact) mass is 194 g/mol. The molecule has 1 N–H and O–H groups in total. The minimum absolute atomic E-state index is 0.278. The lowest BCUT2D eigenvalue weighted by Crippen LogP contribution is -2.10. The minimum atomic E-state index is -0.278. The van der Waals surface area contributed by atoms with Crippen molar-refractivity contribution in [1.29, 1.82) is 0 Å². The fourth-order valence-electron chi connectivity index (χ4n) is 1.33. The van der Waals surface area contributed by atoms with Gasteiger partial charge in [-0.05, 0) is 18.9 Å². The first kappa shape index (κ1) is 11.1. The summed E-state index contributed by atoms with van der Waals surface area (Å²) in [7, 11) is 0. The van der Waals surface area contributed by atoms with Crippen molar-refractivity contribution in [3.05, 3.63) is 23.8 Å². The number of hydrogen-bond acceptors (Lipinski definition) is 3. The Morgan fingerprint density at radius 1 is 1.29 bits per heavy atom. The Hall–Kier alpha value is -0.960. The van der Waals surface area contributed by atoms with Crippen LogP contribution in [0.4, 0.5) is 0 Å². The van der Waals surface area contributed by atoms with Crippen LogP contribution in [0.5, 0.6) is 0 Å². The fraction of sp³-hybridized carbons (Fsp3) is 0.636. The number of aromatic nitrogens is 2. The van der Waals surface area contributed by atoms with Crippen molar-refractivity contribution < 1.29 is 5.11 Å². The maximum Gasteiger partial charge on any atom is 0.115 e. The third-order valence-corrected chi connectivity index (χ3v) is 2.20. The fourth-order valence-corrected chi connectivity index (χ4v) is 1.33. The number of aryl methyl sites for hydroxylation is 1. The average Bonchev–Trinajstić information content (AvgIpc) is 2.19. The van der Waals surface area contributed by atoms with E-state index in [4.69, 9.17) is 0 Å². The van der Waals surface area contributed by atoms with E-state index in [1.54, 1.807) is 6.33 Å². The van der Waals surface area contributed by atoms with Crippen LogP contribution in [0.1, 0.15) is 38.1 Å². The molecule has 0 radical (unpaired) electrons.